The molecular weight excluding hydrogens is 598 g/mol. The number of unbranched alkanes of at least 4 members (excludes halogenated alkanes) is 1. The maximum Gasteiger partial charge on any atom is 0.412 e. The van der Waals surface area contributed by atoms with Crippen LogP contribution in [0.4, 0.5) is 10.5 Å². The molecule has 0 aliphatic rings. The Morgan fingerprint density at radius 2 is 1.68 bits per heavy atom. The fourth-order valence-electron chi connectivity index (χ4n) is 3.89. The van der Waals surface area contributed by atoms with Crippen molar-refractivity contribution in [3.63, 3.8) is 0 Å². The van der Waals surface area contributed by atoms with Crippen molar-refractivity contribution in [1.82, 2.24) is 9.62 Å². The molecule has 0 saturated carbocycles. The van der Waals surface area contributed by atoms with Crippen LogP contribution in [0.15, 0.2) is 47.4 Å². The summed E-state index contributed by atoms with van der Waals surface area (Å²) in [5, 5.41) is 5.89. The van der Waals surface area contributed by atoms with Gasteiger partial charge in [0.25, 0.3) is 0 Å². The van der Waals surface area contributed by atoms with Crippen LogP contribution < -0.4 is 15.4 Å². The predicted octanol–water partition coefficient (Wildman–Crippen LogP) is 9.16. The molecule has 2 atom stereocenters. The quantitative estimate of drug-likeness (QED) is 0.198. The molecule has 2 aromatic carbocycles. The second kappa shape index (κ2) is 22.6. The minimum Gasteiger partial charge on any atom is -0.496 e. The van der Waals surface area contributed by atoms with Crippen LogP contribution in [0.25, 0.3) is 0 Å². The number of rotatable bonds is 14. The Labute approximate surface area is 275 Å². The maximum absolute atomic E-state index is 13.5. The number of anilines is 1. The Morgan fingerprint density at radius 3 is 2.23 bits per heavy atom. The molecular formula is C34H54ClN3O5S. The smallest absolute Gasteiger partial charge is 0.412 e. The lowest BCUT2D eigenvalue weighted by Gasteiger charge is -2.28. The molecule has 2 N–H and O–H groups in total. The summed E-state index contributed by atoms with van der Waals surface area (Å²) in [7, 11) is 3.09. The summed E-state index contributed by atoms with van der Waals surface area (Å²) >= 11 is 7.29. The van der Waals surface area contributed by atoms with E-state index < -0.39 is 17.6 Å². The number of nitrogens with zero attached hydrogens (tertiary/aromatic N) is 1. The number of halogens is 1. The van der Waals surface area contributed by atoms with Gasteiger partial charge in [-0.2, -0.15) is 0 Å². The van der Waals surface area contributed by atoms with E-state index in [1.165, 1.54) is 24.2 Å². The monoisotopic (exact) mass is 651 g/mol. The highest BCUT2D eigenvalue weighted by Crippen LogP contribution is 2.30. The largest absolute Gasteiger partial charge is 0.496 e. The number of hydrogen-bond donors (Lipinski definition) is 2. The number of benzene rings is 2. The van der Waals surface area contributed by atoms with Gasteiger partial charge in [-0.3, -0.25) is 19.2 Å². The fourth-order valence-corrected chi connectivity index (χ4v) is 5.11. The molecule has 10 heteroatoms. The Hall–Kier alpha value is -2.91. The minimum absolute atomic E-state index is 0.136. The topological polar surface area (TPSA) is 97.0 Å². The fraction of sp³-hybridized carbons (Fsp3) is 0.559. The molecule has 0 aromatic heterocycles. The van der Waals surface area contributed by atoms with E-state index in [-0.39, 0.29) is 18.4 Å². The van der Waals surface area contributed by atoms with Gasteiger partial charge in [0.15, 0.2) is 0 Å². The summed E-state index contributed by atoms with van der Waals surface area (Å²) < 4.78 is 12.5. The molecule has 0 aliphatic heterocycles. The number of likely N-dealkylation sites (N-methyl/N-ethyl adjacent to an activating group) is 1. The number of carbonyl (C=O) groups is 3. The van der Waals surface area contributed by atoms with Gasteiger partial charge in [0.1, 0.15) is 17.9 Å². The molecule has 8 nitrogen and oxygen atoms in total. The number of hydrogen-bond acceptors (Lipinski definition) is 6. The van der Waals surface area contributed by atoms with Crippen LogP contribution >= 0.6 is 23.5 Å². The highest BCUT2D eigenvalue weighted by atomic mass is 35.5. The van der Waals surface area contributed by atoms with Crippen molar-refractivity contribution in [2.24, 2.45) is 5.92 Å². The van der Waals surface area contributed by atoms with Gasteiger partial charge in [0, 0.05) is 28.6 Å². The van der Waals surface area contributed by atoms with Gasteiger partial charge in [-0.1, -0.05) is 85.4 Å². The number of nitrogens with one attached hydrogen (secondary N) is 2. The molecule has 0 radical (unpaired) electrons. The first-order valence-electron chi connectivity index (χ1n) is 15.6. The second-order valence-electron chi connectivity index (χ2n) is 10.3. The highest BCUT2D eigenvalue weighted by Gasteiger charge is 2.27. The van der Waals surface area contributed by atoms with Crippen molar-refractivity contribution in [1.29, 1.82) is 0 Å². The first kappa shape index (κ1) is 41.1. The van der Waals surface area contributed by atoms with Crippen LogP contribution in [-0.4, -0.2) is 48.5 Å². The molecule has 248 valence electrons. The SMILES string of the molecule is CC.CCCC.CCCC(C)(CC)OC(=O)Nc1cccc(SN(CC(=O)NC)C(=O)C(C)Cc2cc(Cl)ccc2OC)c1. The van der Waals surface area contributed by atoms with Crippen LogP contribution in [0.5, 0.6) is 5.75 Å². The van der Waals surface area contributed by atoms with Crippen molar-refractivity contribution in [2.75, 3.05) is 26.0 Å². The summed E-state index contributed by atoms with van der Waals surface area (Å²) in [6.07, 6.45) is 4.87. The Bertz CT molecular complexity index is 1150. The minimum atomic E-state index is -0.538. The molecule has 3 amide bonds. The van der Waals surface area contributed by atoms with Crippen molar-refractivity contribution < 1.29 is 23.9 Å². The first-order chi connectivity index (χ1) is 20.9. The average molecular weight is 652 g/mol. The number of carbonyl (C=O) groups excluding carboxylic acids is 3. The van der Waals surface area contributed by atoms with Crippen LogP contribution in [-0.2, 0) is 20.7 Å². The molecule has 0 fully saturated rings. The van der Waals surface area contributed by atoms with Crippen LogP contribution in [0.3, 0.4) is 0 Å². The number of ether oxygens (including phenoxy) is 2. The third-order valence-electron chi connectivity index (χ3n) is 6.66. The zero-order chi connectivity index (χ0) is 33.7. The van der Waals surface area contributed by atoms with Crippen LogP contribution in [0.2, 0.25) is 5.02 Å². The molecule has 0 saturated heterocycles. The summed E-state index contributed by atoms with van der Waals surface area (Å²) in [6, 6.07) is 12.3. The van der Waals surface area contributed by atoms with E-state index >= 15 is 0 Å². The van der Waals surface area contributed by atoms with Crippen molar-refractivity contribution >= 4 is 47.1 Å². The standard InChI is InChI=1S/C28H38ClN3O5S.C4H10.C2H6/c1-7-14-28(4,8-2)37-27(35)31-22-10-9-11-23(17-22)38-32(18-25(33)30-5)26(34)19(3)15-20-16-21(29)12-13-24(20)36-6;1-3-4-2;1-2/h9-13,16-17,19H,7-8,14-15,18H2,1-6H3,(H,30,33)(H,31,35);3-4H2,1-2H3;1-2H3. The van der Waals surface area contributed by atoms with Gasteiger partial charge in [-0.05, 0) is 80.1 Å². The summed E-state index contributed by atoms with van der Waals surface area (Å²) in [4.78, 5) is 38.9. The van der Waals surface area contributed by atoms with Crippen molar-refractivity contribution in [3.05, 3.63) is 53.1 Å². The molecule has 0 aliphatic carbocycles. The molecule has 2 rings (SSSR count). The number of methoxy groups -OCH3 is 1. The summed E-state index contributed by atoms with van der Waals surface area (Å²) in [5.41, 5.74) is 0.792. The van der Waals surface area contributed by atoms with Gasteiger partial charge in [-0.25, -0.2) is 4.79 Å². The van der Waals surface area contributed by atoms with Gasteiger partial charge < -0.3 is 14.8 Å². The molecule has 2 aromatic rings. The molecule has 44 heavy (non-hydrogen) atoms. The first-order valence-corrected chi connectivity index (χ1v) is 16.7. The molecule has 2 unspecified atom stereocenters. The van der Waals surface area contributed by atoms with E-state index in [1.54, 1.807) is 50.4 Å². The average Bonchev–Trinajstić information content (AvgIpc) is 3.01. The van der Waals surface area contributed by atoms with E-state index in [2.05, 4.69) is 24.5 Å². The Morgan fingerprint density at radius 1 is 1.02 bits per heavy atom. The Balaban J connectivity index is 0.00000284. The van der Waals surface area contributed by atoms with Gasteiger partial charge in [0.05, 0.1) is 7.11 Å². The molecule has 0 bridgehead atoms. The summed E-state index contributed by atoms with van der Waals surface area (Å²) in [6.45, 7) is 16.0. The lowest BCUT2D eigenvalue weighted by atomic mass is 9.97. The van der Waals surface area contributed by atoms with E-state index in [4.69, 9.17) is 21.1 Å². The zero-order valence-corrected chi connectivity index (χ0v) is 29.9. The molecule has 0 spiro atoms. The summed E-state index contributed by atoms with van der Waals surface area (Å²) in [5.74, 6) is -0.341. The van der Waals surface area contributed by atoms with Crippen molar-refractivity contribution in [2.45, 2.75) is 104 Å². The molecule has 0 heterocycles. The lowest BCUT2D eigenvalue weighted by molar-refractivity contribution is -0.133. The normalized spacial score (nSPS) is 12.2. The van der Waals surface area contributed by atoms with E-state index in [1.807, 2.05) is 40.7 Å². The van der Waals surface area contributed by atoms with Gasteiger partial charge >= 0.3 is 6.09 Å². The van der Waals surface area contributed by atoms with Gasteiger partial charge in [-0.15, -0.1) is 0 Å². The van der Waals surface area contributed by atoms with Crippen molar-refractivity contribution in [3.8, 4) is 5.75 Å². The second-order valence-corrected chi connectivity index (χ2v) is 11.8. The lowest BCUT2D eigenvalue weighted by Crippen LogP contribution is -2.38. The number of amides is 3. The van der Waals surface area contributed by atoms with E-state index in [0.29, 0.717) is 34.2 Å². The van der Waals surface area contributed by atoms with Gasteiger partial charge in [0.2, 0.25) is 11.8 Å². The maximum atomic E-state index is 13.5. The predicted molar refractivity (Wildman–Crippen MR) is 185 cm³/mol. The highest BCUT2D eigenvalue weighted by molar-refractivity contribution is 7.97. The zero-order valence-electron chi connectivity index (χ0n) is 28.3. The third kappa shape index (κ3) is 15.2. The third-order valence-corrected chi connectivity index (χ3v) is 7.89. The van der Waals surface area contributed by atoms with E-state index in [0.717, 1.165) is 30.4 Å². The van der Waals surface area contributed by atoms with E-state index in [9.17, 15) is 14.4 Å². The van der Waals surface area contributed by atoms with Crippen LogP contribution in [0, 0.1) is 5.92 Å². The Kier molecular flexibility index (Phi) is 21.1. The van der Waals surface area contributed by atoms with Crippen LogP contribution in [0.1, 0.15) is 93.1 Å².